The van der Waals surface area contributed by atoms with Gasteiger partial charge in [-0.2, -0.15) is 0 Å². The molecular weight excluding hydrogens is 292 g/mol. The molecule has 126 valence electrons. The summed E-state index contributed by atoms with van der Waals surface area (Å²) >= 11 is 0. The lowest BCUT2D eigenvalue weighted by Gasteiger charge is -2.28. The van der Waals surface area contributed by atoms with E-state index in [0.717, 1.165) is 31.4 Å². The van der Waals surface area contributed by atoms with Crippen molar-refractivity contribution in [3.8, 4) is 0 Å². The highest BCUT2D eigenvalue weighted by Gasteiger charge is 2.34. The summed E-state index contributed by atoms with van der Waals surface area (Å²) in [6.07, 6.45) is 10.1. The Hall–Kier alpha value is -1.78. The summed E-state index contributed by atoms with van der Waals surface area (Å²) in [4.78, 5) is 26.8. The van der Waals surface area contributed by atoms with Crippen LogP contribution < -0.4 is 5.32 Å². The van der Waals surface area contributed by atoms with Gasteiger partial charge in [-0.05, 0) is 37.8 Å². The van der Waals surface area contributed by atoms with E-state index in [4.69, 9.17) is 4.42 Å². The number of nitrogens with zero attached hydrogens (tertiary/aromatic N) is 1. The molecule has 5 heteroatoms. The van der Waals surface area contributed by atoms with Gasteiger partial charge < -0.3 is 14.6 Å². The Morgan fingerprint density at radius 1 is 1.17 bits per heavy atom. The van der Waals surface area contributed by atoms with Gasteiger partial charge in [0.2, 0.25) is 11.8 Å². The number of rotatable bonds is 5. The summed E-state index contributed by atoms with van der Waals surface area (Å²) in [5, 5.41) is 3.16. The van der Waals surface area contributed by atoms with Crippen LogP contribution in [-0.4, -0.2) is 35.3 Å². The van der Waals surface area contributed by atoms with Crippen molar-refractivity contribution in [2.45, 2.75) is 69.9 Å². The summed E-state index contributed by atoms with van der Waals surface area (Å²) in [6.45, 7) is 0.694. The Balaban J connectivity index is 1.51. The zero-order valence-electron chi connectivity index (χ0n) is 13.6. The minimum Gasteiger partial charge on any atom is -0.469 e. The lowest BCUT2D eigenvalue weighted by atomic mass is 9.95. The Morgan fingerprint density at radius 2 is 2.00 bits per heavy atom. The first-order chi connectivity index (χ1) is 11.2. The molecule has 23 heavy (non-hydrogen) atoms. The quantitative estimate of drug-likeness (QED) is 0.908. The van der Waals surface area contributed by atoms with Crippen molar-refractivity contribution in [3.05, 3.63) is 24.2 Å². The van der Waals surface area contributed by atoms with Crippen molar-refractivity contribution in [3.63, 3.8) is 0 Å². The summed E-state index contributed by atoms with van der Waals surface area (Å²) < 4.78 is 5.27. The van der Waals surface area contributed by atoms with Crippen LogP contribution in [0.2, 0.25) is 0 Å². The zero-order valence-corrected chi connectivity index (χ0v) is 13.6. The third-order valence-electron chi connectivity index (χ3n) is 4.99. The molecule has 0 radical (unpaired) electrons. The first kappa shape index (κ1) is 16.1. The maximum Gasteiger partial charge on any atom is 0.243 e. The Kier molecular flexibility index (Phi) is 5.36. The number of aryl methyl sites for hydroxylation is 1. The third-order valence-corrected chi connectivity index (χ3v) is 4.99. The summed E-state index contributed by atoms with van der Waals surface area (Å²) in [7, 11) is 0. The second-order valence-corrected chi connectivity index (χ2v) is 6.67. The molecule has 5 nitrogen and oxygen atoms in total. The Morgan fingerprint density at radius 3 is 2.74 bits per heavy atom. The molecule has 2 heterocycles. The number of nitrogens with one attached hydrogen (secondary N) is 1. The number of likely N-dealkylation sites (tertiary alicyclic amines) is 1. The highest BCUT2D eigenvalue weighted by Crippen LogP contribution is 2.22. The van der Waals surface area contributed by atoms with Gasteiger partial charge in [0.15, 0.2) is 0 Å². The summed E-state index contributed by atoms with van der Waals surface area (Å²) in [6, 6.07) is 3.73. The SMILES string of the molecule is O=C(NC1CCCCC1)[C@@H]1CCCN1C(=O)CCc1ccco1. The highest BCUT2D eigenvalue weighted by molar-refractivity contribution is 5.88. The number of carbonyl (C=O) groups is 2. The molecule has 1 aromatic rings. The molecule has 2 amide bonds. The van der Waals surface area contributed by atoms with Crippen molar-refractivity contribution in [2.24, 2.45) is 0 Å². The molecule has 0 aromatic carbocycles. The van der Waals surface area contributed by atoms with Gasteiger partial charge in [-0.25, -0.2) is 0 Å². The molecular formula is C18H26N2O3. The van der Waals surface area contributed by atoms with Crippen LogP contribution in [0.1, 0.15) is 57.1 Å². The van der Waals surface area contributed by atoms with E-state index in [9.17, 15) is 9.59 Å². The molecule has 1 saturated carbocycles. The number of amides is 2. The number of hydrogen-bond donors (Lipinski definition) is 1. The topological polar surface area (TPSA) is 62.6 Å². The fraction of sp³-hybridized carbons (Fsp3) is 0.667. The van der Waals surface area contributed by atoms with Gasteiger partial charge in [-0.1, -0.05) is 19.3 Å². The van der Waals surface area contributed by atoms with Gasteiger partial charge in [0.25, 0.3) is 0 Å². The van der Waals surface area contributed by atoms with Crippen molar-refractivity contribution in [2.75, 3.05) is 6.54 Å². The molecule has 1 aromatic heterocycles. The lowest BCUT2D eigenvalue weighted by molar-refractivity contribution is -0.138. The second kappa shape index (κ2) is 7.66. The fourth-order valence-electron chi connectivity index (χ4n) is 3.71. The van der Waals surface area contributed by atoms with E-state index in [0.29, 0.717) is 25.4 Å². The first-order valence-corrected chi connectivity index (χ1v) is 8.86. The normalized spacial score (nSPS) is 22.3. The maximum absolute atomic E-state index is 12.5. The number of carbonyl (C=O) groups excluding carboxylic acids is 2. The monoisotopic (exact) mass is 318 g/mol. The average molecular weight is 318 g/mol. The summed E-state index contributed by atoms with van der Waals surface area (Å²) in [5.41, 5.74) is 0. The zero-order chi connectivity index (χ0) is 16.1. The highest BCUT2D eigenvalue weighted by atomic mass is 16.3. The minimum atomic E-state index is -0.277. The second-order valence-electron chi connectivity index (χ2n) is 6.67. The molecule has 1 atom stereocenters. The lowest BCUT2D eigenvalue weighted by Crippen LogP contribution is -2.49. The van der Waals surface area contributed by atoms with Crippen LogP contribution in [0.5, 0.6) is 0 Å². The van der Waals surface area contributed by atoms with Gasteiger partial charge in [0, 0.05) is 25.4 Å². The molecule has 0 unspecified atom stereocenters. The van der Waals surface area contributed by atoms with Crippen molar-refractivity contribution < 1.29 is 14.0 Å². The van der Waals surface area contributed by atoms with Crippen LogP contribution in [0.4, 0.5) is 0 Å². The van der Waals surface area contributed by atoms with E-state index < -0.39 is 0 Å². The third kappa shape index (κ3) is 4.15. The van der Waals surface area contributed by atoms with E-state index in [1.807, 2.05) is 12.1 Å². The van der Waals surface area contributed by atoms with Crippen molar-refractivity contribution in [1.29, 1.82) is 0 Å². The van der Waals surface area contributed by atoms with Gasteiger partial charge >= 0.3 is 0 Å². The van der Waals surface area contributed by atoms with Crippen LogP contribution in [0.25, 0.3) is 0 Å². The van der Waals surface area contributed by atoms with Gasteiger partial charge in [-0.3, -0.25) is 9.59 Å². The predicted octanol–water partition coefficient (Wildman–Crippen LogP) is 2.65. The molecule has 0 spiro atoms. The largest absolute Gasteiger partial charge is 0.469 e. The number of furan rings is 1. The molecule has 2 fully saturated rings. The van der Waals surface area contributed by atoms with Crippen molar-refractivity contribution in [1.82, 2.24) is 10.2 Å². The minimum absolute atomic E-state index is 0.0424. The number of hydrogen-bond acceptors (Lipinski definition) is 3. The molecule has 1 aliphatic heterocycles. The maximum atomic E-state index is 12.5. The molecule has 1 N–H and O–H groups in total. The first-order valence-electron chi connectivity index (χ1n) is 8.86. The molecule has 1 aliphatic carbocycles. The molecule has 1 saturated heterocycles. The Bertz CT molecular complexity index is 520. The van der Waals surface area contributed by atoms with Crippen LogP contribution in [0.3, 0.4) is 0 Å². The average Bonchev–Trinajstić information content (AvgIpc) is 3.25. The van der Waals surface area contributed by atoms with E-state index in [2.05, 4.69) is 5.32 Å². The van der Waals surface area contributed by atoms with Gasteiger partial charge in [0.05, 0.1) is 6.26 Å². The standard InChI is InChI=1S/C18H26N2O3/c21-17(11-10-15-8-5-13-23-15)20-12-4-9-16(20)18(22)19-14-6-2-1-3-7-14/h5,8,13-14,16H,1-4,6-7,9-12H2,(H,19,22)/t16-/m0/s1. The van der Waals surface area contributed by atoms with E-state index in [1.165, 1.54) is 19.3 Å². The Labute approximate surface area is 137 Å². The van der Waals surface area contributed by atoms with Crippen LogP contribution >= 0.6 is 0 Å². The fourth-order valence-corrected chi connectivity index (χ4v) is 3.71. The van der Waals surface area contributed by atoms with E-state index in [-0.39, 0.29) is 17.9 Å². The van der Waals surface area contributed by atoms with Gasteiger partial charge in [0.1, 0.15) is 11.8 Å². The molecule has 3 rings (SSSR count). The van der Waals surface area contributed by atoms with E-state index in [1.54, 1.807) is 11.2 Å². The predicted molar refractivity (Wildman–Crippen MR) is 86.8 cm³/mol. The smallest absolute Gasteiger partial charge is 0.243 e. The van der Waals surface area contributed by atoms with E-state index >= 15 is 0 Å². The molecule has 0 bridgehead atoms. The summed E-state index contributed by atoms with van der Waals surface area (Å²) in [5.74, 6) is 0.921. The van der Waals surface area contributed by atoms with Gasteiger partial charge in [-0.15, -0.1) is 0 Å². The van der Waals surface area contributed by atoms with Crippen LogP contribution in [-0.2, 0) is 16.0 Å². The van der Waals surface area contributed by atoms with Crippen LogP contribution in [0.15, 0.2) is 22.8 Å². The van der Waals surface area contributed by atoms with Crippen molar-refractivity contribution >= 4 is 11.8 Å². The van der Waals surface area contributed by atoms with Crippen LogP contribution in [0, 0.1) is 0 Å². The molecule has 2 aliphatic rings.